The smallest absolute Gasteiger partial charge is 0.118 e. The second-order valence-electron chi connectivity index (χ2n) is 5.39. The minimum atomic E-state index is 0.887. The maximum atomic E-state index is 5.19. The van der Waals surface area contributed by atoms with Gasteiger partial charge in [0.1, 0.15) is 5.75 Å². The van der Waals surface area contributed by atoms with E-state index in [1.54, 1.807) is 7.11 Å². The van der Waals surface area contributed by atoms with Gasteiger partial charge in [0.05, 0.1) is 7.11 Å². The minimum Gasteiger partial charge on any atom is -0.497 e. The first-order chi connectivity index (χ1) is 10.3. The van der Waals surface area contributed by atoms with Crippen molar-refractivity contribution >= 4 is 5.71 Å². The summed E-state index contributed by atoms with van der Waals surface area (Å²) in [5, 5.41) is 0. The van der Waals surface area contributed by atoms with Crippen LogP contribution in [0, 0.1) is 0 Å². The van der Waals surface area contributed by atoms with Gasteiger partial charge in [-0.15, -0.1) is 0 Å². The molecule has 3 rings (SSSR count). The van der Waals surface area contributed by atoms with Crippen LogP contribution < -0.4 is 4.74 Å². The maximum absolute atomic E-state index is 5.19. The predicted octanol–water partition coefficient (Wildman–Crippen LogP) is 3.65. The highest BCUT2D eigenvalue weighted by atomic mass is 16.5. The zero-order valence-corrected chi connectivity index (χ0v) is 12.4. The second kappa shape index (κ2) is 6.53. The molecular formula is C18H20N2O. The third-order valence-corrected chi connectivity index (χ3v) is 3.82. The minimum absolute atomic E-state index is 0.887. The van der Waals surface area contributed by atoms with E-state index in [9.17, 15) is 0 Å². The van der Waals surface area contributed by atoms with E-state index in [1.165, 1.54) is 35.2 Å². The lowest BCUT2D eigenvalue weighted by Crippen LogP contribution is -2.08. The quantitative estimate of drug-likeness (QED) is 0.856. The monoisotopic (exact) mass is 280 g/mol. The van der Waals surface area contributed by atoms with Crippen LogP contribution in [0.3, 0.4) is 0 Å². The highest BCUT2D eigenvalue weighted by Crippen LogP contribution is 2.17. The second-order valence-corrected chi connectivity index (χ2v) is 5.39. The molecular weight excluding hydrogens is 260 g/mol. The molecule has 0 bridgehead atoms. The summed E-state index contributed by atoms with van der Waals surface area (Å²) in [6.45, 7) is 0.956. The molecule has 0 atom stereocenters. The van der Waals surface area contributed by atoms with E-state index in [1.807, 2.05) is 24.5 Å². The number of hydrogen-bond donors (Lipinski definition) is 0. The number of pyridine rings is 1. The van der Waals surface area contributed by atoms with Gasteiger partial charge in [0, 0.05) is 30.2 Å². The van der Waals surface area contributed by atoms with Gasteiger partial charge in [0.25, 0.3) is 0 Å². The fourth-order valence-corrected chi connectivity index (χ4v) is 2.65. The van der Waals surface area contributed by atoms with E-state index in [0.29, 0.717) is 0 Å². The van der Waals surface area contributed by atoms with Gasteiger partial charge >= 0.3 is 0 Å². The van der Waals surface area contributed by atoms with Crippen molar-refractivity contribution in [3.05, 3.63) is 59.4 Å². The van der Waals surface area contributed by atoms with Crippen LogP contribution in [-0.2, 0) is 6.42 Å². The van der Waals surface area contributed by atoms with E-state index in [-0.39, 0.29) is 0 Å². The van der Waals surface area contributed by atoms with Crippen LogP contribution in [0.4, 0.5) is 0 Å². The molecule has 1 aromatic heterocycles. The molecule has 1 aliphatic rings. The van der Waals surface area contributed by atoms with Gasteiger partial charge in [-0.2, -0.15) is 0 Å². The number of methoxy groups -OCH3 is 1. The van der Waals surface area contributed by atoms with Crippen molar-refractivity contribution in [1.29, 1.82) is 0 Å². The van der Waals surface area contributed by atoms with Crippen LogP contribution in [0.2, 0.25) is 0 Å². The molecule has 0 saturated heterocycles. The van der Waals surface area contributed by atoms with E-state index in [2.05, 4.69) is 28.2 Å². The van der Waals surface area contributed by atoms with E-state index >= 15 is 0 Å². The lowest BCUT2D eigenvalue weighted by molar-refractivity contribution is 0.414. The fourth-order valence-electron chi connectivity index (χ4n) is 2.65. The summed E-state index contributed by atoms with van der Waals surface area (Å²) >= 11 is 0. The first-order valence-corrected chi connectivity index (χ1v) is 7.46. The van der Waals surface area contributed by atoms with E-state index in [0.717, 1.165) is 25.1 Å². The molecule has 0 amide bonds. The van der Waals surface area contributed by atoms with Crippen molar-refractivity contribution in [2.75, 3.05) is 13.7 Å². The number of hydrogen-bond acceptors (Lipinski definition) is 3. The molecule has 0 fully saturated rings. The Labute approximate surface area is 125 Å². The Morgan fingerprint density at radius 1 is 1.05 bits per heavy atom. The predicted molar refractivity (Wildman–Crippen MR) is 85.3 cm³/mol. The number of aromatic nitrogens is 1. The number of benzene rings is 1. The van der Waals surface area contributed by atoms with Crippen LogP contribution in [0.5, 0.6) is 5.75 Å². The summed E-state index contributed by atoms with van der Waals surface area (Å²) in [7, 11) is 1.69. The molecule has 2 aromatic rings. The Kier molecular flexibility index (Phi) is 4.29. The van der Waals surface area contributed by atoms with Gasteiger partial charge in [0.15, 0.2) is 0 Å². The highest BCUT2D eigenvalue weighted by molar-refractivity contribution is 6.00. The third kappa shape index (κ3) is 3.48. The molecule has 0 unspecified atom stereocenters. The summed E-state index contributed by atoms with van der Waals surface area (Å²) in [6, 6.07) is 10.4. The van der Waals surface area contributed by atoms with Gasteiger partial charge in [-0.1, -0.05) is 12.1 Å². The Balaban J connectivity index is 1.77. The molecule has 0 saturated carbocycles. The molecule has 1 aliphatic heterocycles. The van der Waals surface area contributed by atoms with Crippen molar-refractivity contribution in [2.24, 2.45) is 4.99 Å². The number of ether oxygens (including phenoxy) is 1. The summed E-state index contributed by atoms with van der Waals surface area (Å²) < 4.78 is 5.19. The van der Waals surface area contributed by atoms with Crippen LogP contribution >= 0.6 is 0 Å². The van der Waals surface area contributed by atoms with E-state index in [4.69, 9.17) is 4.74 Å². The van der Waals surface area contributed by atoms with Gasteiger partial charge in [-0.25, -0.2) is 0 Å². The van der Waals surface area contributed by atoms with Crippen molar-refractivity contribution in [3.63, 3.8) is 0 Å². The number of nitrogens with zero attached hydrogens (tertiary/aromatic N) is 2. The van der Waals surface area contributed by atoms with Crippen molar-refractivity contribution in [2.45, 2.75) is 25.7 Å². The molecule has 3 heteroatoms. The third-order valence-electron chi connectivity index (χ3n) is 3.82. The van der Waals surface area contributed by atoms with Gasteiger partial charge in [0.2, 0.25) is 0 Å². The molecule has 108 valence electrons. The first-order valence-electron chi connectivity index (χ1n) is 7.46. The average Bonchev–Trinajstić information content (AvgIpc) is 2.57. The highest BCUT2D eigenvalue weighted by Gasteiger charge is 2.09. The van der Waals surface area contributed by atoms with Gasteiger partial charge < -0.3 is 4.74 Å². The summed E-state index contributed by atoms with van der Waals surface area (Å²) in [4.78, 5) is 9.01. The summed E-state index contributed by atoms with van der Waals surface area (Å²) in [6.07, 6.45) is 8.29. The van der Waals surface area contributed by atoms with Crippen molar-refractivity contribution < 1.29 is 4.74 Å². The Bertz CT molecular complexity index is 632. The Hall–Kier alpha value is -2.16. The van der Waals surface area contributed by atoms with Gasteiger partial charge in [-0.3, -0.25) is 9.98 Å². The number of rotatable bonds is 4. The van der Waals surface area contributed by atoms with Crippen LogP contribution in [-0.4, -0.2) is 24.4 Å². The van der Waals surface area contributed by atoms with E-state index < -0.39 is 0 Å². The van der Waals surface area contributed by atoms with Crippen LogP contribution in [0.15, 0.2) is 47.7 Å². The number of aliphatic imine (C=N–C) groups is 1. The largest absolute Gasteiger partial charge is 0.497 e. The fraction of sp³-hybridized carbons (Fsp3) is 0.333. The molecule has 2 heterocycles. The SMILES string of the molecule is COc1ccc(Cc2cncc(C3=NCCCC3)c2)cc1. The summed E-state index contributed by atoms with van der Waals surface area (Å²) in [5.74, 6) is 0.891. The normalized spacial score (nSPS) is 14.6. The standard InChI is InChI=1S/C18H20N2O/c1-21-17-7-5-14(6-8-17)10-15-11-16(13-19-12-15)18-4-2-3-9-20-18/h5-8,11-13H,2-4,9-10H2,1H3. The summed E-state index contributed by atoms with van der Waals surface area (Å²) in [5.41, 5.74) is 4.89. The average molecular weight is 280 g/mol. The van der Waals surface area contributed by atoms with Gasteiger partial charge in [-0.05, 0) is 55.0 Å². The topological polar surface area (TPSA) is 34.5 Å². The Morgan fingerprint density at radius 2 is 1.90 bits per heavy atom. The van der Waals surface area contributed by atoms with Crippen molar-refractivity contribution in [1.82, 2.24) is 4.98 Å². The lowest BCUT2D eigenvalue weighted by Gasteiger charge is -2.12. The van der Waals surface area contributed by atoms with Crippen LogP contribution in [0.25, 0.3) is 0 Å². The molecule has 0 N–H and O–H groups in total. The molecule has 1 aromatic carbocycles. The zero-order chi connectivity index (χ0) is 14.5. The zero-order valence-electron chi connectivity index (χ0n) is 12.4. The molecule has 0 spiro atoms. The first kappa shape index (κ1) is 13.8. The Morgan fingerprint density at radius 3 is 2.62 bits per heavy atom. The molecule has 0 aliphatic carbocycles. The molecule has 0 radical (unpaired) electrons. The maximum Gasteiger partial charge on any atom is 0.118 e. The lowest BCUT2D eigenvalue weighted by atomic mass is 10.00. The van der Waals surface area contributed by atoms with Crippen LogP contribution in [0.1, 0.15) is 36.0 Å². The van der Waals surface area contributed by atoms with Crippen molar-refractivity contribution in [3.8, 4) is 5.75 Å². The molecule has 21 heavy (non-hydrogen) atoms. The molecule has 3 nitrogen and oxygen atoms in total.